The van der Waals surface area contributed by atoms with E-state index >= 15 is 0 Å². The van der Waals surface area contributed by atoms with Gasteiger partial charge in [0.1, 0.15) is 16.5 Å². The van der Waals surface area contributed by atoms with Crippen LogP contribution in [0.2, 0.25) is 0 Å². The summed E-state index contributed by atoms with van der Waals surface area (Å²) in [7, 11) is 0. The Morgan fingerprint density at radius 3 is 2.90 bits per heavy atom. The van der Waals surface area contributed by atoms with Gasteiger partial charge in [-0.3, -0.25) is 20.5 Å². The lowest BCUT2D eigenvalue weighted by Crippen LogP contribution is -2.23. The van der Waals surface area contributed by atoms with Crippen molar-refractivity contribution in [2.45, 2.75) is 0 Å². The number of pyridine rings is 1. The van der Waals surface area contributed by atoms with Crippen LogP contribution in [0.4, 0.5) is 15.9 Å². The van der Waals surface area contributed by atoms with Gasteiger partial charge in [-0.25, -0.2) is 19.0 Å². The van der Waals surface area contributed by atoms with Gasteiger partial charge < -0.3 is 5.32 Å². The summed E-state index contributed by atoms with van der Waals surface area (Å²) in [5.41, 5.74) is 3.03. The quantitative estimate of drug-likeness (QED) is 0.212. The molecular weight excluding hydrogens is 493 g/mol. The number of hydrogen-bond acceptors (Lipinski definition) is 9. The highest BCUT2D eigenvalue weighted by atomic mass is 79.9. The summed E-state index contributed by atoms with van der Waals surface area (Å²) in [5, 5.41) is 21.5. The van der Waals surface area contributed by atoms with Gasteiger partial charge in [0, 0.05) is 23.3 Å². The molecular formula is C18H11BrFN7O3S. The molecule has 10 nitrogen and oxygen atoms in total. The highest BCUT2D eigenvalue weighted by Gasteiger charge is 2.21. The topological polar surface area (TPSA) is 138 Å². The van der Waals surface area contributed by atoms with Crippen LogP contribution in [0.1, 0.15) is 16.2 Å². The average molecular weight is 504 g/mol. The number of hydrogen-bond donors (Lipinski definition) is 3. The average Bonchev–Trinajstić information content (AvgIpc) is 3.45. The van der Waals surface area contributed by atoms with Crippen LogP contribution in [0.3, 0.4) is 0 Å². The third-order valence-electron chi connectivity index (χ3n) is 3.84. The van der Waals surface area contributed by atoms with Gasteiger partial charge in [0.05, 0.1) is 10.2 Å². The second-order valence-electron chi connectivity index (χ2n) is 5.87. The molecule has 3 aromatic heterocycles. The van der Waals surface area contributed by atoms with Crippen molar-refractivity contribution in [1.29, 1.82) is 0 Å². The molecule has 4 aromatic rings. The van der Waals surface area contributed by atoms with E-state index in [1.54, 1.807) is 23.8 Å². The number of carbonyl (C=O) groups excluding carboxylic acids is 1. The van der Waals surface area contributed by atoms with Crippen molar-refractivity contribution in [3.63, 3.8) is 0 Å². The first-order valence-electron chi connectivity index (χ1n) is 8.49. The lowest BCUT2D eigenvalue weighted by atomic mass is 10.3. The predicted octanol–water partition coefficient (Wildman–Crippen LogP) is 3.80. The van der Waals surface area contributed by atoms with Crippen molar-refractivity contribution in [3.8, 4) is 10.6 Å². The molecule has 0 unspecified atom stereocenters. The Hall–Kier alpha value is -3.55. The van der Waals surface area contributed by atoms with E-state index < -0.39 is 11.7 Å². The molecule has 0 aliphatic rings. The number of aliphatic imine (C=N–C) groups is 1. The van der Waals surface area contributed by atoms with E-state index in [4.69, 9.17) is 0 Å². The molecule has 3 N–H and O–H groups in total. The first-order chi connectivity index (χ1) is 15.0. The Kier molecular flexibility index (Phi) is 6.06. The van der Waals surface area contributed by atoms with Gasteiger partial charge in [-0.2, -0.15) is 0 Å². The summed E-state index contributed by atoms with van der Waals surface area (Å²) in [6, 6.07) is 7.58. The molecule has 4 rings (SSSR count). The van der Waals surface area contributed by atoms with Gasteiger partial charge in [-0.05, 0) is 56.6 Å². The Labute approximate surface area is 185 Å². The highest BCUT2D eigenvalue weighted by Crippen LogP contribution is 2.25. The SMILES string of the molecule is O=C(Nc1nonc1C(=Nc1ccc(F)c(Br)c1)NO)c1csc(-c2cccnc2)n1. The molecule has 0 spiro atoms. The second kappa shape index (κ2) is 9.07. The van der Waals surface area contributed by atoms with Gasteiger partial charge in [-0.1, -0.05) is 0 Å². The summed E-state index contributed by atoms with van der Waals surface area (Å²) in [6.45, 7) is 0. The molecule has 1 aromatic carbocycles. The number of benzene rings is 1. The number of rotatable bonds is 5. The normalized spacial score (nSPS) is 11.4. The molecule has 0 fully saturated rings. The van der Waals surface area contributed by atoms with Crippen molar-refractivity contribution in [3.05, 3.63) is 69.8 Å². The molecule has 0 atom stereocenters. The lowest BCUT2D eigenvalue weighted by Gasteiger charge is -2.04. The van der Waals surface area contributed by atoms with Gasteiger partial charge in [0.25, 0.3) is 5.91 Å². The summed E-state index contributed by atoms with van der Waals surface area (Å²) in [6.07, 6.45) is 3.28. The minimum absolute atomic E-state index is 0.0704. The molecule has 31 heavy (non-hydrogen) atoms. The summed E-state index contributed by atoms with van der Waals surface area (Å²) < 4.78 is 18.3. The number of halogens is 2. The minimum Gasteiger partial charge on any atom is -0.300 e. The second-order valence-corrected chi connectivity index (χ2v) is 7.58. The summed E-state index contributed by atoms with van der Waals surface area (Å²) in [4.78, 5) is 25.1. The van der Waals surface area contributed by atoms with Crippen LogP contribution in [-0.4, -0.2) is 37.2 Å². The molecule has 0 radical (unpaired) electrons. The zero-order valence-corrected chi connectivity index (χ0v) is 17.7. The zero-order chi connectivity index (χ0) is 21.8. The molecule has 0 bridgehead atoms. The van der Waals surface area contributed by atoms with Gasteiger partial charge in [0.15, 0.2) is 11.5 Å². The third kappa shape index (κ3) is 4.63. The molecule has 13 heteroatoms. The maximum absolute atomic E-state index is 13.4. The standard InChI is InChI=1S/C18H11BrFN7O3S/c19-11-6-10(3-4-12(11)20)22-15(25-29)14-16(27-30-26-14)24-17(28)13-8-31-18(23-13)9-2-1-5-21-7-9/h1-8,29H,(H,22,25)(H,24,27,28). The van der Waals surface area contributed by atoms with Gasteiger partial charge in [-0.15, -0.1) is 11.3 Å². The van der Waals surface area contributed by atoms with E-state index in [2.05, 4.69) is 51.1 Å². The van der Waals surface area contributed by atoms with Crippen molar-refractivity contribution in [2.75, 3.05) is 5.32 Å². The molecule has 0 saturated heterocycles. The fraction of sp³-hybridized carbons (Fsp3) is 0. The smallest absolute Gasteiger partial charge is 0.276 e. The van der Waals surface area contributed by atoms with Gasteiger partial charge in [0.2, 0.25) is 5.82 Å². The number of aromatic nitrogens is 4. The first-order valence-corrected chi connectivity index (χ1v) is 10.2. The van der Waals surface area contributed by atoms with Crippen LogP contribution in [0.15, 0.2) is 62.2 Å². The Morgan fingerprint density at radius 1 is 1.29 bits per heavy atom. The number of amides is 1. The third-order valence-corrected chi connectivity index (χ3v) is 5.34. The number of nitrogens with one attached hydrogen (secondary N) is 2. The van der Waals surface area contributed by atoms with Crippen molar-refractivity contribution < 1.29 is 19.0 Å². The minimum atomic E-state index is -0.565. The molecule has 0 saturated carbocycles. The van der Waals surface area contributed by atoms with Crippen LogP contribution in [0, 0.1) is 5.82 Å². The monoisotopic (exact) mass is 503 g/mol. The highest BCUT2D eigenvalue weighted by molar-refractivity contribution is 9.10. The van der Waals surface area contributed by atoms with Crippen molar-refractivity contribution in [2.24, 2.45) is 4.99 Å². The van der Waals surface area contributed by atoms with E-state index in [0.717, 1.165) is 5.56 Å². The Morgan fingerprint density at radius 2 is 2.16 bits per heavy atom. The van der Waals surface area contributed by atoms with Crippen LogP contribution < -0.4 is 10.8 Å². The Balaban J connectivity index is 1.56. The molecule has 1 amide bonds. The number of amidine groups is 1. The molecule has 0 aliphatic heterocycles. The fourth-order valence-corrected chi connectivity index (χ4v) is 3.57. The Bertz CT molecular complexity index is 1260. The van der Waals surface area contributed by atoms with E-state index in [-0.39, 0.29) is 27.5 Å². The fourth-order valence-electron chi connectivity index (χ4n) is 2.41. The maximum Gasteiger partial charge on any atom is 0.276 e. The van der Waals surface area contributed by atoms with E-state index in [1.807, 2.05) is 11.5 Å². The van der Waals surface area contributed by atoms with Crippen LogP contribution >= 0.6 is 27.3 Å². The number of carbonyl (C=O) groups is 1. The van der Waals surface area contributed by atoms with Crippen LogP contribution in [0.5, 0.6) is 0 Å². The van der Waals surface area contributed by atoms with Crippen LogP contribution in [0.25, 0.3) is 10.6 Å². The number of thiazole rings is 1. The zero-order valence-electron chi connectivity index (χ0n) is 15.3. The van der Waals surface area contributed by atoms with Crippen molar-refractivity contribution >= 4 is 50.5 Å². The van der Waals surface area contributed by atoms with E-state index in [0.29, 0.717) is 10.7 Å². The lowest BCUT2D eigenvalue weighted by molar-refractivity contribution is 0.102. The molecule has 156 valence electrons. The number of nitrogens with zero attached hydrogens (tertiary/aromatic N) is 5. The maximum atomic E-state index is 13.4. The van der Waals surface area contributed by atoms with Crippen molar-refractivity contribution in [1.82, 2.24) is 25.8 Å². The number of hydroxylamine groups is 1. The van der Waals surface area contributed by atoms with E-state index in [9.17, 15) is 14.4 Å². The summed E-state index contributed by atoms with van der Waals surface area (Å²) in [5.74, 6) is -1.31. The van der Waals surface area contributed by atoms with Gasteiger partial charge >= 0.3 is 0 Å². The predicted molar refractivity (Wildman–Crippen MR) is 113 cm³/mol. The molecule has 3 heterocycles. The summed E-state index contributed by atoms with van der Waals surface area (Å²) >= 11 is 4.34. The molecule has 0 aliphatic carbocycles. The van der Waals surface area contributed by atoms with Crippen LogP contribution in [-0.2, 0) is 0 Å². The first kappa shape index (κ1) is 20.7. The largest absolute Gasteiger partial charge is 0.300 e. The van der Waals surface area contributed by atoms with E-state index in [1.165, 1.54) is 29.5 Å². The number of anilines is 1.